The van der Waals surface area contributed by atoms with E-state index in [4.69, 9.17) is 5.11 Å². The fraction of sp³-hybridized carbons (Fsp3) is 0.625. The van der Waals surface area contributed by atoms with Crippen LogP contribution in [0, 0.1) is 5.92 Å². The fourth-order valence-corrected chi connectivity index (χ4v) is 1.04. The summed E-state index contributed by atoms with van der Waals surface area (Å²) in [6.45, 7) is 1.64. The van der Waals surface area contributed by atoms with Crippen LogP contribution in [0.1, 0.15) is 19.8 Å². The highest BCUT2D eigenvalue weighted by atomic mass is 16.4. The minimum Gasteiger partial charge on any atom is -0.478 e. The number of carboxylic acids is 1. The molecule has 3 nitrogen and oxygen atoms in total. The van der Waals surface area contributed by atoms with Crippen molar-refractivity contribution in [3.63, 3.8) is 0 Å². The Morgan fingerprint density at radius 1 is 1.64 bits per heavy atom. The Bertz CT molecular complexity index is 190. The van der Waals surface area contributed by atoms with E-state index < -0.39 is 11.6 Å². The smallest absolute Gasteiger partial charge is 0.328 e. The van der Waals surface area contributed by atoms with Crippen molar-refractivity contribution in [1.29, 1.82) is 0 Å². The molecular formula is C8H12O3. The van der Waals surface area contributed by atoms with Crippen LogP contribution in [0.15, 0.2) is 12.2 Å². The van der Waals surface area contributed by atoms with Crippen molar-refractivity contribution in [3.8, 4) is 0 Å². The summed E-state index contributed by atoms with van der Waals surface area (Å²) in [6.07, 6.45) is 4.35. The van der Waals surface area contributed by atoms with Gasteiger partial charge >= 0.3 is 5.97 Å². The predicted octanol–water partition coefficient (Wildman–Crippen LogP) is 0.788. The Labute approximate surface area is 65.3 Å². The molecule has 0 aromatic heterocycles. The van der Waals surface area contributed by atoms with Gasteiger partial charge < -0.3 is 10.2 Å². The maximum absolute atomic E-state index is 10.1. The first-order chi connectivity index (χ1) is 5.02. The molecule has 1 rings (SSSR count). The van der Waals surface area contributed by atoms with E-state index in [0.717, 1.165) is 18.9 Å². The van der Waals surface area contributed by atoms with Gasteiger partial charge in [0.1, 0.15) is 0 Å². The Hall–Kier alpha value is -0.830. The summed E-state index contributed by atoms with van der Waals surface area (Å²) in [7, 11) is 0. The predicted molar refractivity (Wildman–Crippen MR) is 40.1 cm³/mol. The molecule has 0 aromatic rings. The lowest BCUT2D eigenvalue weighted by Gasteiger charge is -2.16. The number of hydrogen-bond acceptors (Lipinski definition) is 2. The molecule has 0 saturated heterocycles. The molecule has 3 heteroatoms. The molecule has 1 aliphatic carbocycles. The normalized spacial score (nSPS) is 23.5. The standard InChI is InChI=1S/C8H12O3/c1-8(11,6-2-3-6)5-4-7(9)10/h4-6,11H,2-3H2,1H3,(H,9,10). The molecule has 2 N–H and O–H groups in total. The third kappa shape index (κ3) is 2.35. The number of carbonyl (C=O) groups is 1. The van der Waals surface area contributed by atoms with Gasteiger partial charge in [-0.3, -0.25) is 0 Å². The second kappa shape index (κ2) is 2.66. The van der Waals surface area contributed by atoms with E-state index in [-0.39, 0.29) is 5.92 Å². The molecule has 1 saturated carbocycles. The molecule has 1 unspecified atom stereocenters. The molecule has 62 valence electrons. The maximum Gasteiger partial charge on any atom is 0.328 e. The van der Waals surface area contributed by atoms with Gasteiger partial charge in [0.05, 0.1) is 5.60 Å². The van der Waals surface area contributed by atoms with E-state index in [1.165, 1.54) is 6.08 Å². The van der Waals surface area contributed by atoms with Crippen molar-refractivity contribution in [1.82, 2.24) is 0 Å². The highest BCUT2D eigenvalue weighted by Crippen LogP contribution is 2.40. The molecule has 0 aromatic carbocycles. The number of carboxylic acid groups (broad SMARTS) is 1. The zero-order valence-corrected chi connectivity index (χ0v) is 6.45. The summed E-state index contributed by atoms with van der Waals surface area (Å²) >= 11 is 0. The van der Waals surface area contributed by atoms with E-state index in [1.54, 1.807) is 6.92 Å². The van der Waals surface area contributed by atoms with Gasteiger partial charge in [0.2, 0.25) is 0 Å². The van der Waals surface area contributed by atoms with Crippen LogP contribution < -0.4 is 0 Å². The van der Waals surface area contributed by atoms with Crippen LogP contribution in [0.2, 0.25) is 0 Å². The highest BCUT2D eigenvalue weighted by Gasteiger charge is 2.37. The van der Waals surface area contributed by atoms with Crippen LogP contribution in [0.5, 0.6) is 0 Å². The topological polar surface area (TPSA) is 57.5 Å². The first-order valence-electron chi connectivity index (χ1n) is 3.67. The molecule has 0 heterocycles. The third-order valence-electron chi connectivity index (χ3n) is 1.97. The second-order valence-corrected chi connectivity index (χ2v) is 3.17. The van der Waals surface area contributed by atoms with Crippen molar-refractivity contribution >= 4 is 5.97 Å². The molecule has 0 amide bonds. The van der Waals surface area contributed by atoms with E-state index in [2.05, 4.69) is 0 Å². The largest absolute Gasteiger partial charge is 0.478 e. The monoisotopic (exact) mass is 156 g/mol. The Morgan fingerprint density at radius 2 is 2.18 bits per heavy atom. The summed E-state index contributed by atoms with van der Waals surface area (Å²) in [5, 5.41) is 17.8. The van der Waals surface area contributed by atoms with E-state index in [1.807, 2.05) is 0 Å². The van der Waals surface area contributed by atoms with Gasteiger partial charge in [0, 0.05) is 6.08 Å². The van der Waals surface area contributed by atoms with Crippen molar-refractivity contribution in [2.75, 3.05) is 0 Å². The first kappa shape index (κ1) is 8.27. The van der Waals surface area contributed by atoms with Crippen molar-refractivity contribution in [2.45, 2.75) is 25.4 Å². The van der Waals surface area contributed by atoms with Crippen LogP contribution in [0.4, 0.5) is 0 Å². The summed E-state index contributed by atoms with van der Waals surface area (Å²) in [5.74, 6) is -0.746. The third-order valence-corrected chi connectivity index (χ3v) is 1.97. The lowest BCUT2D eigenvalue weighted by molar-refractivity contribution is -0.131. The van der Waals surface area contributed by atoms with Gasteiger partial charge in [-0.15, -0.1) is 0 Å². The van der Waals surface area contributed by atoms with Crippen molar-refractivity contribution in [3.05, 3.63) is 12.2 Å². The lowest BCUT2D eigenvalue weighted by atomic mass is 10.0. The Balaban J connectivity index is 2.50. The number of rotatable bonds is 3. The highest BCUT2D eigenvalue weighted by molar-refractivity contribution is 5.79. The average Bonchev–Trinajstić information content (AvgIpc) is 2.64. The summed E-state index contributed by atoms with van der Waals surface area (Å²) in [4.78, 5) is 10.1. The Morgan fingerprint density at radius 3 is 2.55 bits per heavy atom. The molecule has 0 spiro atoms. The van der Waals surface area contributed by atoms with Crippen molar-refractivity contribution < 1.29 is 15.0 Å². The van der Waals surface area contributed by atoms with E-state index in [9.17, 15) is 9.90 Å². The zero-order valence-electron chi connectivity index (χ0n) is 6.45. The zero-order chi connectivity index (χ0) is 8.48. The van der Waals surface area contributed by atoms with Gasteiger partial charge in [-0.2, -0.15) is 0 Å². The van der Waals surface area contributed by atoms with Gasteiger partial charge in [0.15, 0.2) is 0 Å². The van der Waals surface area contributed by atoms with Crippen LogP contribution in [0.25, 0.3) is 0 Å². The minimum atomic E-state index is -1.01. The quantitative estimate of drug-likeness (QED) is 0.594. The molecule has 0 bridgehead atoms. The molecule has 11 heavy (non-hydrogen) atoms. The van der Waals surface area contributed by atoms with Gasteiger partial charge in [-0.1, -0.05) is 0 Å². The van der Waals surface area contributed by atoms with Crippen LogP contribution in [0.3, 0.4) is 0 Å². The molecule has 1 atom stereocenters. The fourth-order valence-electron chi connectivity index (χ4n) is 1.04. The van der Waals surface area contributed by atoms with E-state index in [0.29, 0.717) is 0 Å². The second-order valence-electron chi connectivity index (χ2n) is 3.17. The summed E-state index contributed by atoms with van der Waals surface area (Å²) in [5.41, 5.74) is -0.918. The van der Waals surface area contributed by atoms with E-state index >= 15 is 0 Å². The molecular weight excluding hydrogens is 144 g/mol. The number of hydrogen-bond donors (Lipinski definition) is 2. The van der Waals surface area contributed by atoms with Crippen LogP contribution in [-0.2, 0) is 4.79 Å². The number of aliphatic carboxylic acids is 1. The van der Waals surface area contributed by atoms with Gasteiger partial charge in [0.25, 0.3) is 0 Å². The molecule has 0 aliphatic heterocycles. The number of aliphatic hydroxyl groups is 1. The average molecular weight is 156 g/mol. The lowest BCUT2D eigenvalue weighted by Crippen LogP contribution is -2.23. The first-order valence-corrected chi connectivity index (χ1v) is 3.67. The summed E-state index contributed by atoms with van der Waals surface area (Å²) in [6, 6.07) is 0. The summed E-state index contributed by atoms with van der Waals surface area (Å²) < 4.78 is 0. The van der Waals surface area contributed by atoms with Crippen molar-refractivity contribution in [2.24, 2.45) is 5.92 Å². The molecule has 0 radical (unpaired) electrons. The maximum atomic E-state index is 10.1. The molecule has 1 aliphatic rings. The van der Waals surface area contributed by atoms with Gasteiger partial charge in [-0.25, -0.2) is 4.79 Å². The Kier molecular flexibility index (Phi) is 2.00. The van der Waals surface area contributed by atoms with Crippen LogP contribution >= 0.6 is 0 Å². The molecule has 1 fully saturated rings. The van der Waals surface area contributed by atoms with Crippen LogP contribution in [-0.4, -0.2) is 21.8 Å². The SMILES string of the molecule is CC(O)(C=CC(=O)O)C1CC1. The minimum absolute atomic E-state index is 0.262. The van der Waals surface area contributed by atoms with Gasteiger partial charge in [-0.05, 0) is 31.8 Å².